The lowest BCUT2D eigenvalue weighted by Gasteiger charge is -2.15. The molecule has 1 aromatic rings. The third-order valence-electron chi connectivity index (χ3n) is 3.29. The van der Waals surface area contributed by atoms with E-state index in [1.807, 2.05) is 12.1 Å². The summed E-state index contributed by atoms with van der Waals surface area (Å²) in [7, 11) is 0. The average molecular weight is 221 g/mol. The molecule has 1 aromatic carbocycles. The minimum Gasteiger partial charge on any atom is -0.314 e. The number of benzene rings is 1. The molecule has 0 spiro atoms. The largest absolute Gasteiger partial charge is 0.314 e. The Bertz CT molecular complexity index is 316. The van der Waals surface area contributed by atoms with Crippen LogP contribution < -0.4 is 5.32 Å². The van der Waals surface area contributed by atoms with Crippen molar-refractivity contribution in [1.29, 1.82) is 0 Å². The molecule has 0 radical (unpaired) electrons. The fourth-order valence-electron chi connectivity index (χ4n) is 1.94. The lowest BCUT2D eigenvalue weighted by atomic mass is 9.97. The van der Waals surface area contributed by atoms with E-state index in [9.17, 15) is 4.39 Å². The summed E-state index contributed by atoms with van der Waals surface area (Å²) in [6.45, 7) is 3.32. The standard InChI is InChI=1S/C14H20FN/c1-2-11(10-16-14-7-8-14)9-12-3-5-13(15)6-4-12/h3-6,11,14,16H,2,7-10H2,1H3. The van der Waals surface area contributed by atoms with E-state index in [4.69, 9.17) is 0 Å². The highest BCUT2D eigenvalue weighted by atomic mass is 19.1. The molecule has 2 rings (SSSR count). The van der Waals surface area contributed by atoms with Gasteiger partial charge in [-0.25, -0.2) is 4.39 Å². The summed E-state index contributed by atoms with van der Waals surface area (Å²) in [4.78, 5) is 0. The number of hydrogen-bond donors (Lipinski definition) is 1. The smallest absolute Gasteiger partial charge is 0.123 e. The van der Waals surface area contributed by atoms with Gasteiger partial charge in [0.25, 0.3) is 0 Å². The second kappa shape index (κ2) is 5.44. The first kappa shape index (κ1) is 11.6. The molecule has 0 saturated heterocycles. The molecule has 2 heteroatoms. The molecule has 0 heterocycles. The van der Waals surface area contributed by atoms with E-state index in [0.717, 1.165) is 19.0 Å². The molecule has 1 N–H and O–H groups in total. The second-order valence-electron chi connectivity index (χ2n) is 4.79. The van der Waals surface area contributed by atoms with Crippen LogP contribution in [0.1, 0.15) is 31.7 Å². The highest BCUT2D eigenvalue weighted by Crippen LogP contribution is 2.20. The highest BCUT2D eigenvalue weighted by molar-refractivity contribution is 5.16. The van der Waals surface area contributed by atoms with Gasteiger partial charge in [-0.3, -0.25) is 0 Å². The maximum absolute atomic E-state index is 12.8. The van der Waals surface area contributed by atoms with E-state index in [2.05, 4.69) is 12.2 Å². The molecule has 88 valence electrons. The lowest BCUT2D eigenvalue weighted by Crippen LogP contribution is -2.25. The molecule has 1 nitrogen and oxygen atoms in total. The average Bonchev–Trinajstić information content (AvgIpc) is 3.11. The zero-order valence-electron chi connectivity index (χ0n) is 9.88. The maximum Gasteiger partial charge on any atom is 0.123 e. The summed E-state index contributed by atoms with van der Waals surface area (Å²) < 4.78 is 12.8. The Hall–Kier alpha value is -0.890. The van der Waals surface area contributed by atoms with Crippen LogP contribution in [0.5, 0.6) is 0 Å². The molecule has 1 atom stereocenters. The van der Waals surface area contributed by atoms with Crippen molar-refractivity contribution in [1.82, 2.24) is 5.32 Å². The Labute approximate surface area is 97.1 Å². The summed E-state index contributed by atoms with van der Waals surface area (Å²) in [5, 5.41) is 3.57. The Morgan fingerprint density at radius 3 is 2.56 bits per heavy atom. The third-order valence-corrected chi connectivity index (χ3v) is 3.29. The molecular formula is C14H20FN. The van der Waals surface area contributed by atoms with Gasteiger partial charge < -0.3 is 5.32 Å². The van der Waals surface area contributed by atoms with Gasteiger partial charge in [0.2, 0.25) is 0 Å². The quantitative estimate of drug-likeness (QED) is 0.778. The van der Waals surface area contributed by atoms with Crippen LogP contribution >= 0.6 is 0 Å². The summed E-state index contributed by atoms with van der Waals surface area (Å²) in [5.74, 6) is 0.527. The second-order valence-corrected chi connectivity index (χ2v) is 4.79. The monoisotopic (exact) mass is 221 g/mol. The molecule has 1 saturated carbocycles. The van der Waals surface area contributed by atoms with Crippen LogP contribution in [0.15, 0.2) is 24.3 Å². The molecular weight excluding hydrogens is 201 g/mol. The van der Waals surface area contributed by atoms with Crippen molar-refractivity contribution in [3.05, 3.63) is 35.6 Å². The van der Waals surface area contributed by atoms with Gasteiger partial charge in [-0.15, -0.1) is 0 Å². The van der Waals surface area contributed by atoms with Gasteiger partial charge in [-0.1, -0.05) is 25.5 Å². The van der Waals surface area contributed by atoms with Gasteiger partial charge in [0.05, 0.1) is 0 Å². The predicted molar refractivity (Wildman–Crippen MR) is 64.9 cm³/mol. The highest BCUT2D eigenvalue weighted by Gasteiger charge is 2.21. The summed E-state index contributed by atoms with van der Waals surface area (Å²) in [6.07, 6.45) is 4.91. The number of hydrogen-bond acceptors (Lipinski definition) is 1. The van der Waals surface area contributed by atoms with Crippen LogP contribution in [-0.4, -0.2) is 12.6 Å². The van der Waals surface area contributed by atoms with Crippen LogP contribution in [0.4, 0.5) is 4.39 Å². The van der Waals surface area contributed by atoms with E-state index in [1.165, 1.54) is 24.8 Å². The van der Waals surface area contributed by atoms with Crippen molar-refractivity contribution < 1.29 is 4.39 Å². The SMILES string of the molecule is CCC(CNC1CC1)Cc1ccc(F)cc1. The number of nitrogens with one attached hydrogen (secondary N) is 1. The van der Waals surface area contributed by atoms with Crippen LogP contribution in [0.25, 0.3) is 0 Å². The van der Waals surface area contributed by atoms with Crippen molar-refractivity contribution in [3.8, 4) is 0 Å². The van der Waals surface area contributed by atoms with Crippen LogP contribution in [0.2, 0.25) is 0 Å². The molecule has 1 aliphatic rings. The van der Waals surface area contributed by atoms with Gasteiger partial charge in [0.1, 0.15) is 5.82 Å². The molecule has 1 unspecified atom stereocenters. The van der Waals surface area contributed by atoms with Crippen molar-refractivity contribution in [3.63, 3.8) is 0 Å². The molecule has 0 amide bonds. The molecule has 0 aromatic heterocycles. The molecule has 0 aliphatic heterocycles. The van der Waals surface area contributed by atoms with Crippen LogP contribution in [-0.2, 0) is 6.42 Å². The Morgan fingerprint density at radius 2 is 2.00 bits per heavy atom. The topological polar surface area (TPSA) is 12.0 Å². The summed E-state index contributed by atoms with van der Waals surface area (Å²) in [6, 6.07) is 7.68. The van der Waals surface area contributed by atoms with E-state index in [-0.39, 0.29) is 5.82 Å². The normalized spacial score (nSPS) is 17.4. The first-order chi connectivity index (χ1) is 7.78. The summed E-state index contributed by atoms with van der Waals surface area (Å²) in [5.41, 5.74) is 1.24. The maximum atomic E-state index is 12.8. The van der Waals surface area contributed by atoms with Gasteiger partial charge in [-0.05, 0) is 49.4 Å². The minimum atomic E-state index is -0.145. The van der Waals surface area contributed by atoms with Crippen molar-refractivity contribution in [2.24, 2.45) is 5.92 Å². The van der Waals surface area contributed by atoms with Gasteiger partial charge in [0, 0.05) is 6.04 Å². The minimum absolute atomic E-state index is 0.145. The van der Waals surface area contributed by atoms with Crippen molar-refractivity contribution in [2.45, 2.75) is 38.6 Å². The molecule has 16 heavy (non-hydrogen) atoms. The van der Waals surface area contributed by atoms with E-state index in [0.29, 0.717) is 5.92 Å². The molecule has 1 aliphatic carbocycles. The first-order valence-corrected chi connectivity index (χ1v) is 6.25. The van der Waals surface area contributed by atoms with Gasteiger partial charge in [0.15, 0.2) is 0 Å². The van der Waals surface area contributed by atoms with Crippen molar-refractivity contribution >= 4 is 0 Å². The van der Waals surface area contributed by atoms with Crippen LogP contribution in [0.3, 0.4) is 0 Å². The Balaban J connectivity index is 1.82. The molecule has 0 bridgehead atoms. The van der Waals surface area contributed by atoms with E-state index in [1.54, 1.807) is 12.1 Å². The lowest BCUT2D eigenvalue weighted by molar-refractivity contribution is 0.458. The molecule has 1 fully saturated rings. The summed E-state index contributed by atoms with van der Waals surface area (Å²) >= 11 is 0. The zero-order valence-corrected chi connectivity index (χ0v) is 9.88. The van der Waals surface area contributed by atoms with Crippen LogP contribution in [0, 0.1) is 11.7 Å². The van der Waals surface area contributed by atoms with Crippen molar-refractivity contribution in [2.75, 3.05) is 6.54 Å². The number of halogens is 1. The zero-order chi connectivity index (χ0) is 11.4. The fourth-order valence-corrected chi connectivity index (χ4v) is 1.94. The van der Waals surface area contributed by atoms with E-state index < -0.39 is 0 Å². The van der Waals surface area contributed by atoms with Gasteiger partial charge >= 0.3 is 0 Å². The van der Waals surface area contributed by atoms with E-state index >= 15 is 0 Å². The predicted octanol–water partition coefficient (Wildman–Crippen LogP) is 3.15. The fraction of sp³-hybridized carbons (Fsp3) is 0.571. The Kier molecular flexibility index (Phi) is 3.94. The van der Waals surface area contributed by atoms with Gasteiger partial charge in [-0.2, -0.15) is 0 Å². The third kappa shape index (κ3) is 3.60. The Morgan fingerprint density at radius 1 is 1.31 bits per heavy atom. The first-order valence-electron chi connectivity index (χ1n) is 6.25. The number of rotatable bonds is 6.